The van der Waals surface area contributed by atoms with Gasteiger partial charge in [-0.2, -0.15) is 0 Å². The fourth-order valence-electron chi connectivity index (χ4n) is 3.46. The van der Waals surface area contributed by atoms with Gasteiger partial charge in [-0.25, -0.2) is 0 Å². The molecule has 2 heterocycles. The van der Waals surface area contributed by atoms with E-state index in [9.17, 15) is 4.79 Å². The fourth-order valence-corrected chi connectivity index (χ4v) is 6.63. The summed E-state index contributed by atoms with van der Waals surface area (Å²) < 4.78 is -0.333. The normalized spacial score (nSPS) is 14.6. The molecule has 1 aromatic heterocycles. The van der Waals surface area contributed by atoms with Gasteiger partial charge in [-0.1, -0.05) is 96.3 Å². The third-order valence-electron chi connectivity index (χ3n) is 4.85. The first kappa shape index (κ1) is 17.4. The van der Waals surface area contributed by atoms with Gasteiger partial charge in [-0.05, 0) is 23.8 Å². The summed E-state index contributed by atoms with van der Waals surface area (Å²) in [6, 6.07) is 30.4. The molecular formula is C24H17NOS2. The zero-order valence-electron chi connectivity index (χ0n) is 15.0. The number of hydrogen-bond donors (Lipinski definition) is 1. The van der Waals surface area contributed by atoms with E-state index in [1.54, 1.807) is 0 Å². The number of nitrogens with one attached hydrogen (secondary N) is 1. The Morgan fingerprint density at radius 3 is 1.93 bits per heavy atom. The highest BCUT2D eigenvalue weighted by Crippen LogP contribution is 2.64. The van der Waals surface area contributed by atoms with Gasteiger partial charge in [-0.3, -0.25) is 4.79 Å². The predicted molar refractivity (Wildman–Crippen MR) is 116 cm³/mol. The minimum absolute atomic E-state index is 0.0387. The Morgan fingerprint density at radius 1 is 0.714 bits per heavy atom. The van der Waals surface area contributed by atoms with Crippen molar-refractivity contribution in [3.8, 4) is 0 Å². The van der Waals surface area contributed by atoms with Crippen molar-refractivity contribution in [1.82, 2.24) is 4.98 Å². The number of H-pyrrole nitrogens is 1. The number of ketones is 1. The van der Waals surface area contributed by atoms with Crippen LogP contribution in [0.5, 0.6) is 0 Å². The van der Waals surface area contributed by atoms with Gasteiger partial charge in [0.2, 0.25) is 0 Å². The van der Waals surface area contributed by atoms with Crippen molar-refractivity contribution < 1.29 is 4.79 Å². The van der Waals surface area contributed by atoms with E-state index in [4.69, 9.17) is 0 Å². The van der Waals surface area contributed by atoms with Crippen LogP contribution in [0, 0.1) is 0 Å². The van der Waals surface area contributed by atoms with Crippen LogP contribution in [0.25, 0.3) is 0 Å². The highest BCUT2D eigenvalue weighted by Gasteiger charge is 2.43. The molecule has 0 fully saturated rings. The first-order valence-electron chi connectivity index (χ1n) is 9.07. The summed E-state index contributed by atoms with van der Waals surface area (Å²) in [4.78, 5) is 18.8. The van der Waals surface area contributed by atoms with Crippen molar-refractivity contribution in [3.05, 3.63) is 120 Å². The smallest absolute Gasteiger partial charge is 0.194 e. The molecule has 0 unspecified atom stereocenters. The van der Waals surface area contributed by atoms with Gasteiger partial charge in [0, 0.05) is 32.8 Å². The number of carbonyl (C=O) groups is 1. The van der Waals surface area contributed by atoms with Crippen molar-refractivity contribution in [2.75, 3.05) is 0 Å². The minimum Gasteiger partial charge on any atom is -0.362 e. The molecule has 1 N–H and O–H groups in total. The maximum Gasteiger partial charge on any atom is 0.194 e. The Morgan fingerprint density at radius 2 is 1.29 bits per heavy atom. The van der Waals surface area contributed by atoms with Gasteiger partial charge in [-0.15, -0.1) is 0 Å². The largest absolute Gasteiger partial charge is 0.362 e. The summed E-state index contributed by atoms with van der Waals surface area (Å²) in [5.74, 6) is 0.0387. The second-order valence-corrected chi connectivity index (χ2v) is 9.40. The minimum atomic E-state index is -0.333. The van der Waals surface area contributed by atoms with Gasteiger partial charge in [0.05, 0.1) is 0 Å². The number of rotatable bonds is 4. The molecule has 0 saturated carbocycles. The van der Waals surface area contributed by atoms with Crippen molar-refractivity contribution in [2.24, 2.45) is 0 Å². The van der Waals surface area contributed by atoms with Gasteiger partial charge >= 0.3 is 0 Å². The molecule has 1 aliphatic heterocycles. The molecule has 0 amide bonds. The van der Waals surface area contributed by atoms with Crippen molar-refractivity contribution >= 4 is 29.3 Å². The molecule has 4 aromatic rings. The molecule has 0 bridgehead atoms. The summed E-state index contributed by atoms with van der Waals surface area (Å²) in [6.07, 6.45) is 1.83. The molecule has 5 rings (SSSR count). The fraction of sp³-hybridized carbons (Fsp3) is 0.0417. The van der Waals surface area contributed by atoms with Crippen LogP contribution in [-0.2, 0) is 4.08 Å². The molecule has 0 saturated heterocycles. The van der Waals surface area contributed by atoms with Crippen LogP contribution in [0.15, 0.2) is 107 Å². The molecule has 0 atom stereocenters. The lowest BCUT2D eigenvalue weighted by Gasteiger charge is -2.26. The van der Waals surface area contributed by atoms with Gasteiger partial charge in [0.1, 0.15) is 4.08 Å². The lowest BCUT2D eigenvalue weighted by Crippen LogP contribution is -2.17. The molecule has 0 radical (unpaired) electrons. The molecule has 2 nitrogen and oxygen atoms in total. The number of thioether (sulfide) groups is 2. The lowest BCUT2D eigenvalue weighted by molar-refractivity contribution is 0.103. The number of aromatic nitrogens is 1. The Labute approximate surface area is 172 Å². The molecular weight excluding hydrogens is 382 g/mol. The highest BCUT2D eigenvalue weighted by atomic mass is 32.2. The quantitative estimate of drug-likeness (QED) is 0.406. The number of benzene rings is 3. The number of hydrogen-bond acceptors (Lipinski definition) is 3. The van der Waals surface area contributed by atoms with Crippen LogP contribution in [0.4, 0.5) is 0 Å². The van der Waals surface area contributed by atoms with E-state index < -0.39 is 0 Å². The van der Waals surface area contributed by atoms with Crippen LogP contribution in [0.3, 0.4) is 0 Å². The second kappa shape index (κ2) is 7.04. The van der Waals surface area contributed by atoms with E-state index in [-0.39, 0.29) is 9.86 Å². The number of aromatic amines is 1. The molecule has 0 spiro atoms. The molecule has 4 heteroatoms. The van der Waals surface area contributed by atoms with Gasteiger partial charge in [0.15, 0.2) is 5.78 Å². The summed E-state index contributed by atoms with van der Waals surface area (Å²) in [5, 5.41) is 0. The molecule has 0 aliphatic carbocycles. The SMILES string of the molecule is O=C(c1ccccc1)c1c[nH]c(C2(c3ccccc3)Sc3ccccc3S2)c1. The number of fused-ring (bicyclic) bond motifs is 1. The Balaban J connectivity index is 1.59. The average Bonchev–Trinajstić information content (AvgIpc) is 3.40. The van der Waals surface area contributed by atoms with Crippen molar-refractivity contribution in [2.45, 2.75) is 13.9 Å². The lowest BCUT2D eigenvalue weighted by atomic mass is 10.0. The van der Waals surface area contributed by atoms with E-state index in [1.807, 2.05) is 72.2 Å². The van der Waals surface area contributed by atoms with Crippen LogP contribution in [0.1, 0.15) is 27.2 Å². The van der Waals surface area contributed by atoms with E-state index >= 15 is 0 Å². The molecule has 3 aromatic carbocycles. The Hall–Kier alpha value is -2.69. The van der Waals surface area contributed by atoms with Crippen LogP contribution < -0.4 is 0 Å². The predicted octanol–water partition coefficient (Wildman–Crippen LogP) is 6.34. The third kappa shape index (κ3) is 2.89. The van der Waals surface area contributed by atoms with Crippen molar-refractivity contribution in [3.63, 3.8) is 0 Å². The third-order valence-corrected chi connectivity index (χ3v) is 8.11. The summed E-state index contributed by atoms with van der Waals surface area (Å²) in [6.45, 7) is 0. The van der Waals surface area contributed by atoms with Crippen LogP contribution >= 0.6 is 23.5 Å². The van der Waals surface area contributed by atoms with E-state index in [2.05, 4.69) is 53.5 Å². The first-order chi connectivity index (χ1) is 13.8. The molecule has 28 heavy (non-hydrogen) atoms. The standard InChI is InChI=1S/C24H17NOS2/c26-23(17-9-3-1-4-10-17)18-15-22(25-16-18)24(19-11-5-2-6-12-19)27-20-13-7-8-14-21(20)28-24/h1-16,25H. The summed E-state index contributed by atoms with van der Waals surface area (Å²) in [7, 11) is 0. The number of carbonyl (C=O) groups excluding carboxylic acids is 1. The summed E-state index contributed by atoms with van der Waals surface area (Å²) >= 11 is 3.66. The van der Waals surface area contributed by atoms with E-state index in [1.165, 1.54) is 15.4 Å². The maximum atomic E-state index is 12.9. The summed E-state index contributed by atoms with van der Waals surface area (Å²) in [5.41, 5.74) is 3.64. The average molecular weight is 400 g/mol. The Kier molecular flexibility index (Phi) is 4.38. The highest BCUT2D eigenvalue weighted by molar-refractivity contribution is 8.20. The van der Waals surface area contributed by atoms with Crippen LogP contribution in [-0.4, -0.2) is 10.8 Å². The monoisotopic (exact) mass is 399 g/mol. The van der Waals surface area contributed by atoms with Crippen LogP contribution in [0.2, 0.25) is 0 Å². The van der Waals surface area contributed by atoms with Gasteiger partial charge in [0.25, 0.3) is 0 Å². The molecule has 136 valence electrons. The molecule has 1 aliphatic rings. The second-order valence-electron chi connectivity index (χ2n) is 6.63. The zero-order chi connectivity index (χ0) is 19.0. The maximum absolute atomic E-state index is 12.9. The van der Waals surface area contributed by atoms with Crippen molar-refractivity contribution in [1.29, 1.82) is 0 Å². The van der Waals surface area contributed by atoms with E-state index in [0.717, 1.165) is 5.69 Å². The van der Waals surface area contributed by atoms with Gasteiger partial charge < -0.3 is 4.98 Å². The Bertz CT molecular complexity index is 1110. The first-order valence-corrected chi connectivity index (χ1v) is 10.7. The zero-order valence-corrected chi connectivity index (χ0v) is 16.6. The van der Waals surface area contributed by atoms with E-state index in [0.29, 0.717) is 11.1 Å². The topological polar surface area (TPSA) is 32.9 Å².